The lowest BCUT2D eigenvalue weighted by Crippen LogP contribution is -2.11. The normalized spacial score (nSPS) is 26.3. The molecule has 0 saturated heterocycles. The number of rotatable bonds is 4. The average molecular weight is 445 g/mol. The molecule has 172 valence electrons. The lowest BCUT2D eigenvalue weighted by atomic mass is 9.77. The first-order valence-corrected chi connectivity index (χ1v) is 12.9. The fourth-order valence-electron chi connectivity index (χ4n) is 6.12. The first-order chi connectivity index (χ1) is 16.6. The van der Waals surface area contributed by atoms with Crippen LogP contribution in [0, 0.1) is 11.3 Å². The van der Waals surface area contributed by atoms with E-state index >= 15 is 0 Å². The molecule has 2 aromatic carbocycles. The van der Waals surface area contributed by atoms with Crippen molar-refractivity contribution < 1.29 is 0 Å². The van der Waals surface area contributed by atoms with Crippen LogP contribution in [0.15, 0.2) is 102 Å². The maximum absolute atomic E-state index is 2.60. The van der Waals surface area contributed by atoms with Crippen molar-refractivity contribution in [3.63, 3.8) is 0 Å². The molecule has 0 heterocycles. The molecule has 0 amide bonds. The summed E-state index contributed by atoms with van der Waals surface area (Å²) in [6.07, 6.45) is 25.6. The van der Waals surface area contributed by atoms with Gasteiger partial charge in [-0.2, -0.15) is 0 Å². The van der Waals surface area contributed by atoms with Gasteiger partial charge in [0, 0.05) is 11.3 Å². The number of hydrogen-bond donors (Lipinski definition) is 0. The maximum Gasteiger partial charge on any atom is 0.0210 e. The molecule has 6 rings (SSSR count). The number of benzene rings is 2. The first-order valence-electron chi connectivity index (χ1n) is 12.9. The van der Waals surface area contributed by atoms with Crippen LogP contribution >= 0.6 is 0 Å². The lowest BCUT2D eigenvalue weighted by molar-refractivity contribution is 0.740. The Morgan fingerprint density at radius 1 is 1.15 bits per heavy atom. The van der Waals surface area contributed by atoms with E-state index in [1.807, 2.05) is 13.8 Å². The van der Waals surface area contributed by atoms with Crippen LogP contribution in [0.25, 0.3) is 22.4 Å². The molecule has 2 aromatic rings. The van der Waals surface area contributed by atoms with E-state index < -0.39 is 0 Å². The van der Waals surface area contributed by atoms with Gasteiger partial charge in [-0.1, -0.05) is 110 Å². The molecule has 0 aliphatic heterocycles. The van der Waals surface area contributed by atoms with Crippen molar-refractivity contribution in [2.24, 2.45) is 11.3 Å². The van der Waals surface area contributed by atoms with Gasteiger partial charge in [-0.3, -0.25) is 0 Å². The Balaban J connectivity index is 0.00000117. The Labute approximate surface area is 205 Å². The van der Waals surface area contributed by atoms with Crippen LogP contribution in [0.3, 0.4) is 0 Å². The standard InChI is InChI=1S/C32H30.C2H6/c1-4-5-9-21(2)16-29-22(3)17-25-18-23-10-6-7-13-28(23)30(31(25)29)24-14-15-26-11-8-12-27-20-32(26,27)19-24;1-2/h4-15,17-19,27,29H,16,20H2,1-3H3;1-2H3/b5-4-,21-9+;. The molecule has 3 unspecified atom stereocenters. The Morgan fingerprint density at radius 2 is 1.97 bits per heavy atom. The third kappa shape index (κ3) is 3.61. The second-order valence-corrected chi connectivity index (χ2v) is 9.95. The first kappa shape index (κ1) is 22.7. The minimum absolute atomic E-state index is 0.237. The predicted molar refractivity (Wildman–Crippen MR) is 150 cm³/mol. The van der Waals surface area contributed by atoms with Gasteiger partial charge in [0.1, 0.15) is 0 Å². The van der Waals surface area contributed by atoms with Crippen LogP contribution in [0.5, 0.6) is 0 Å². The van der Waals surface area contributed by atoms with Crippen LogP contribution in [0.4, 0.5) is 0 Å². The number of fused-ring (bicyclic) bond motifs is 2. The Hall–Kier alpha value is -3.12. The molecule has 0 N–H and O–H groups in total. The third-order valence-electron chi connectivity index (χ3n) is 7.86. The highest BCUT2D eigenvalue weighted by Crippen LogP contribution is 2.64. The van der Waals surface area contributed by atoms with Crippen molar-refractivity contribution in [3.05, 3.63) is 118 Å². The predicted octanol–water partition coefficient (Wildman–Crippen LogP) is 9.73. The van der Waals surface area contributed by atoms with Gasteiger partial charge in [0.25, 0.3) is 0 Å². The summed E-state index contributed by atoms with van der Waals surface area (Å²) in [5.74, 6) is 1.11. The highest BCUT2D eigenvalue weighted by Gasteiger charge is 2.54. The SMILES string of the molecule is C/C=C\C=C(/C)CC1C(C)=Cc2cc3ccccc3c(C3=CC45CC4C=CC=C5C=C3)c21.CC. The molecule has 4 aliphatic carbocycles. The van der Waals surface area contributed by atoms with Crippen molar-refractivity contribution in [2.75, 3.05) is 0 Å². The van der Waals surface area contributed by atoms with Crippen LogP contribution in [-0.4, -0.2) is 0 Å². The zero-order valence-corrected chi connectivity index (χ0v) is 21.2. The molecule has 0 radical (unpaired) electrons. The van der Waals surface area contributed by atoms with Crippen molar-refractivity contribution in [3.8, 4) is 0 Å². The fraction of sp³-hybridized carbons (Fsp3) is 0.294. The van der Waals surface area contributed by atoms with Gasteiger partial charge in [0.2, 0.25) is 0 Å². The summed E-state index contributed by atoms with van der Waals surface area (Å²) in [4.78, 5) is 0. The highest BCUT2D eigenvalue weighted by molar-refractivity contribution is 6.01. The minimum Gasteiger partial charge on any atom is -0.0877 e. The molecule has 0 bridgehead atoms. The molecule has 1 fully saturated rings. The topological polar surface area (TPSA) is 0 Å². The monoisotopic (exact) mass is 444 g/mol. The highest BCUT2D eigenvalue weighted by atomic mass is 14.6. The summed E-state index contributed by atoms with van der Waals surface area (Å²) in [5, 5.41) is 2.73. The minimum atomic E-state index is 0.237. The van der Waals surface area contributed by atoms with Gasteiger partial charge in [-0.15, -0.1) is 0 Å². The zero-order chi connectivity index (χ0) is 23.9. The van der Waals surface area contributed by atoms with Crippen molar-refractivity contribution >= 4 is 22.4 Å². The molecule has 4 aliphatic rings. The molecule has 0 heteroatoms. The maximum atomic E-state index is 2.60. The van der Waals surface area contributed by atoms with Crippen LogP contribution < -0.4 is 0 Å². The largest absolute Gasteiger partial charge is 0.0877 e. The third-order valence-corrected chi connectivity index (χ3v) is 7.86. The van der Waals surface area contributed by atoms with Gasteiger partial charge in [-0.25, -0.2) is 0 Å². The van der Waals surface area contributed by atoms with E-state index in [4.69, 9.17) is 0 Å². The summed E-state index contributed by atoms with van der Waals surface area (Å²) in [7, 11) is 0. The second-order valence-electron chi connectivity index (χ2n) is 9.95. The van der Waals surface area contributed by atoms with E-state index in [0.717, 1.165) is 6.42 Å². The molecule has 0 nitrogen and oxygen atoms in total. The Kier molecular flexibility index (Phi) is 5.94. The lowest BCUT2D eigenvalue weighted by Gasteiger charge is -2.26. The molecular weight excluding hydrogens is 408 g/mol. The van der Waals surface area contributed by atoms with E-state index in [9.17, 15) is 0 Å². The molecule has 1 spiro atoms. The van der Waals surface area contributed by atoms with Gasteiger partial charge in [0.15, 0.2) is 0 Å². The molecule has 3 atom stereocenters. The van der Waals surface area contributed by atoms with Crippen molar-refractivity contribution in [2.45, 2.75) is 53.4 Å². The van der Waals surface area contributed by atoms with Crippen LogP contribution in [0.2, 0.25) is 0 Å². The van der Waals surface area contributed by atoms with E-state index in [1.54, 1.807) is 0 Å². The smallest absolute Gasteiger partial charge is 0.0210 e. The Morgan fingerprint density at radius 3 is 2.79 bits per heavy atom. The Bertz CT molecular complexity index is 1350. The molecular formula is C34H36. The summed E-state index contributed by atoms with van der Waals surface area (Å²) in [5.41, 5.74) is 10.4. The van der Waals surface area contributed by atoms with Crippen molar-refractivity contribution in [1.82, 2.24) is 0 Å². The molecule has 34 heavy (non-hydrogen) atoms. The van der Waals surface area contributed by atoms with Gasteiger partial charge < -0.3 is 0 Å². The summed E-state index contributed by atoms with van der Waals surface area (Å²) >= 11 is 0. The van der Waals surface area contributed by atoms with Gasteiger partial charge >= 0.3 is 0 Å². The fourth-order valence-corrected chi connectivity index (χ4v) is 6.12. The summed E-state index contributed by atoms with van der Waals surface area (Å²) < 4.78 is 0. The quantitative estimate of drug-likeness (QED) is 0.412. The van der Waals surface area contributed by atoms with E-state index in [-0.39, 0.29) is 5.41 Å². The number of hydrogen-bond acceptors (Lipinski definition) is 0. The second kappa shape index (κ2) is 8.91. The van der Waals surface area contributed by atoms with Gasteiger partial charge in [0.05, 0.1) is 0 Å². The molecule has 0 aromatic heterocycles. The van der Waals surface area contributed by atoms with Crippen molar-refractivity contribution in [1.29, 1.82) is 0 Å². The van der Waals surface area contributed by atoms with E-state index in [0.29, 0.717) is 11.8 Å². The average Bonchev–Trinajstić information content (AvgIpc) is 3.50. The molecule has 1 saturated carbocycles. The summed E-state index contributed by atoms with van der Waals surface area (Å²) in [6.45, 7) is 10.7. The van der Waals surface area contributed by atoms with E-state index in [1.165, 1.54) is 56.2 Å². The van der Waals surface area contributed by atoms with Crippen LogP contribution in [0.1, 0.15) is 70.1 Å². The number of allylic oxidation sites excluding steroid dienone is 13. The van der Waals surface area contributed by atoms with E-state index in [2.05, 4.69) is 112 Å². The zero-order valence-electron chi connectivity index (χ0n) is 21.2. The summed E-state index contributed by atoms with van der Waals surface area (Å²) in [6, 6.07) is 11.4. The van der Waals surface area contributed by atoms with Gasteiger partial charge in [-0.05, 0) is 84.2 Å². The van der Waals surface area contributed by atoms with Crippen LogP contribution in [-0.2, 0) is 0 Å².